The predicted molar refractivity (Wildman–Crippen MR) is 61.7 cm³/mol. The minimum atomic E-state index is 0.569. The molecule has 0 radical (unpaired) electrons. The quantitative estimate of drug-likeness (QED) is 0.739. The molecule has 1 N–H and O–H groups in total. The molecule has 0 saturated carbocycles. The third-order valence-corrected chi connectivity index (χ3v) is 2.12. The van der Waals surface area contributed by atoms with Crippen LogP contribution in [0.25, 0.3) is 0 Å². The number of nitriles is 1. The maximum Gasteiger partial charge on any atom is 0.162 e. The van der Waals surface area contributed by atoms with Crippen molar-refractivity contribution in [3.05, 3.63) is 23.8 Å². The van der Waals surface area contributed by atoms with Gasteiger partial charge in [-0.3, -0.25) is 0 Å². The molecule has 1 aromatic carbocycles. The Morgan fingerprint density at radius 1 is 1.38 bits per heavy atom. The van der Waals surface area contributed by atoms with E-state index in [2.05, 4.69) is 11.4 Å². The number of methoxy groups -OCH3 is 1. The van der Waals surface area contributed by atoms with Gasteiger partial charge < -0.3 is 14.8 Å². The smallest absolute Gasteiger partial charge is 0.162 e. The van der Waals surface area contributed by atoms with Crippen LogP contribution in [0.2, 0.25) is 0 Å². The highest BCUT2D eigenvalue weighted by atomic mass is 16.5. The highest BCUT2D eigenvalue weighted by molar-refractivity contribution is 5.46. The average Bonchev–Trinajstić information content (AvgIpc) is 2.34. The van der Waals surface area contributed by atoms with Gasteiger partial charge in [0.15, 0.2) is 11.5 Å². The van der Waals surface area contributed by atoms with Gasteiger partial charge in [-0.05, 0) is 32.1 Å². The Morgan fingerprint density at radius 2 is 2.19 bits per heavy atom. The number of rotatable bonds is 6. The topological polar surface area (TPSA) is 54.3 Å². The molecule has 0 bridgehead atoms. The highest BCUT2D eigenvalue weighted by Crippen LogP contribution is 2.27. The van der Waals surface area contributed by atoms with Crippen molar-refractivity contribution in [2.45, 2.75) is 6.42 Å². The molecule has 4 nitrogen and oxygen atoms in total. The van der Waals surface area contributed by atoms with Gasteiger partial charge in [0.1, 0.15) is 0 Å². The van der Waals surface area contributed by atoms with Gasteiger partial charge in [0, 0.05) is 6.07 Å². The number of ether oxygens (including phenoxy) is 2. The summed E-state index contributed by atoms with van der Waals surface area (Å²) >= 11 is 0. The summed E-state index contributed by atoms with van der Waals surface area (Å²) in [5.74, 6) is 1.28. The number of hydrogen-bond acceptors (Lipinski definition) is 4. The number of benzene rings is 1. The summed E-state index contributed by atoms with van der Waals surface area (Å²) in [6.45, 7) is 1.54. The Bertz CT molecular complexity index is 372. The van der Waals surface area contributed by atoms with Crippen molar-refractivity contribution in [2.24, 2.45) is 0 Å². The second kappa shape index (κ2) is 6.70. The van der Waals surface area contributed by atoms with E-state index in [0.29, 0.717) is 23.7 Å². The van der Waals surface area contributed by atoms with E-state index in [1.165, 1.54) is 0 Å². The standard InChI is InChI=1S/C12H16N2O2/c1-14-6-3-7-16-11-5-4-10(9-13)8-12(11)15-2/h4-5,8,14H,3,6-7H2,1-2H3. The molecule has 0 aliphatic heterocycles. The minimum Gasteiger partial charge on any atom is -0.493 e. The molecule has 0 atom stereocenters. The van der Waals surface area contributed by atoms with Crippen LogP contribution in [-0.4, -0.2) is 27.3 Å². The van der Waals surface area contributed by atoms with Crippen molar-refractivity contribution in [2.75, 3.05) is 27.3 Å². The molecule has 1 aromatic rings. The van der Waals surface area contributed by atoms with E-state index in [-0.39, 0.29) is 0 Å². The molecule has 0 aliphatic carbocycles. The largest absolute Gasteiger partial charge is 0.493 e. The first kappa shape index (κ1) is 12.3. The Kier molecular flexibility index (Phi) is 5.17. The Labute approximate surface area is 95.8 Å². The van der Waals surface area contributed by atoms with Gasteiger partial charge in [-0.2, -0.15) is 5.26 Å². The average molecular weight is 220 g/mol. The normalized spacial score (nSPS) is 9.56. The SMILES string of the molecule is CNCCCOc1ccc(C#N)cc1OC. The van der Waals surface area contributed by atoms with E-state index in [0.717, 1.165) is 13.0 Å². The summed E-state index contributed by atoms with van der Waals surface area (Å²) in [5.41, 5.74) is 0.569. The van der Waals surface area contributed by atoms with Crippen molar-refractivity contribution in [3.63, 3.8) is 0 Å². The van der Waals surface area contributed by atoms with E-state index in [1.54, 1.807) is 25.3 Å². The molecule has 0 amide bonds. The van der Waals surface area contributed by atoms with Gasteiger partial charge in [0.25, 0.3) is 0 Å². The number of nitrogens with one attached hydrogen (secondary N) is 1. The molecule has 86 valence electrons. The fourth-order valence-corrected chi connectivity index (χ4v) is 1.29. The zero-order chi connectivity index (χ0) is 11.8. The number of hydrogen-bond donors (Lipinski definition) is 1. The third-order valence-electron chi connectivity index (χ3n) is 2.12. The van der Waals surface area contributed by atoms with Crippen LogP contribution >= 0.6 is 0 Å². The predicted octanol–water partition coefficient (Wildman–Crippen LogP) is 1.56. The van der Waals surface area contributed by atoms with E-state index in [9.17, 15) is 0 Å². The van der Waals surface area contributed by atoms with E-state index in [1.807, 2.05) is 7.05 Å². The van der Waals surface area contributed by atoms with Crippen molar-refractivity contribution in [3.8, 4) is 17.6 Å². The van der Waals surface area contributed by atoms with Gasteiger partial charge in [-0.15, -0.1) is 0 Å². The van der Waals surface area contributed by atoms with Crippen LogP contribution < -0.4 is 14.8 Å². The summed E-state index contributed by atoms with van der Waals surface area (Å²) in [7, 11) is 3.47. The third kappa shape index (κ3) is 3.44. The maximum atomic E-state index is 8.74. The molecular formula is C12H16N2O2. The fourth-order valence-electron chi connectivity index (χ4n) is 1.29. The molecule has 1 rings (SSSR count). The van der Waals surface area contributed by atoms with Crippen molar-refractivity contribution >= 4 is 0 Å². The van der Waals surface area contributed by atoms with Crippen LogP contribution in [0.5, 0.6) is 11.5 Å². The maximum absolute atomic E-state index is 8.74. The van der Waals surface area contributed by atoms with E-state index < -0.39 is 0 Å². The summed E-state index contributed by atoms with van der Waals surface area (Å²) in [6.07, 6.45) is 0.930. The van der Waals surface area contributed by atoms with Crippen LogP contribution in [0.15, 0.2) is 18.2 Å². The molecular weight excluding hydrogens is 204 g/mol. The molecule has 16 heavy (non-hydrogen) atoms. The number of nitrogens with zero attached hydrogens (tertiary/aromatic N) is 1. The summed E-state index contributed by atoms with van der Waals surface area (Å²) in [4.78, 5) is 0. The van der Waals surface area contributed by atoms with E-state index in [4.69, 9.17) is 14.7 Å². The van der Waals surface area contributed by atoms with Gasteiger partial charge in [0.05, 0.1) is 25.3 Å². The molecule has 4 heteroatoms. The van der Waals surface area contributed by atoms with E-state index >= 15 is 0 Å². The summed E-state index contributed by atoms with van der Waals surface area (Å²) < 4.78 is 10.7. The lowest BCUT2D eigenvalue weighted by atomic mass is 10.2. The Morgan fingerprint density at radius 3 is 2.81 bits per heavy atom. The first-order valence-electron chi connectivity index (χ1n) is 5.17. The van der Waals surface area contributed by atoms with Crippen LogP contribution in [0.3, 0.4) is 0 Å². The highest BCUT2D eigenvalue weighted by Gasteiger charge is 2.04. The zero-order valence-electron chi connectivity index (χ0n) is 9.62. The van der Waals surface area contributed by atoms with Gasteiger partial charge >= 0.3 is 0 Å². The molecule has 0 spiro atoms. The zero-order valence-corrected chi connectivity index (χ0v) is 9.62. The van der Waals surface area contributed by atoms with Crippen LogP contribution in [-0.2, 0) is 0 Å². The Balaban J connectivity index is 2.62. The molecule has 0 unspecified atom stereocenters. The van der Waals surface area contributed by atoms with Crippen molar-refractivity contribution in [1.82, 2.24) is 5.32 Å². The molecule has 0 saturated heterocycles. The summed E-state index contributed by atoms with van der Waals surface area (Å²) in [6, 6.07) is 7.21. The fraction of sp³-hybridized carbons (Fsp3) is 0.417. The first-order chi connectivity index (χ1) is 7.81. The van der Waals surface area contributed by atoms with Crippen LogP contribution in [0.4, 0.5) is 0 Å². The monoisotopic (exact) mass is 220 g/mol. The lowest BCUT2D eigenvalue weighted by molar-refractivity contribution is 0.288. The van der Waals surface area contributed by atoms with Gasteiger partial charge in [-0.25, -0.2) is 0 Å². The second-order valence-corrected chi connectivity index (χ2v) is 3.28. The van der Waals surface area contributed by atoms with Crippen LogP contribution in [0, 0.1) is 11.3 Å². The lowest BCUT2D eigenvalue weighted by Crippen LogP contribution is -2.11. The second-order valence-electron chi connectivity index (χ2n) is 3.28. The molecule has 0 aromatic heterocycles. The minimum absolute atomic E-state index is 0.569. The molecule has 0 aliphatic rings. The van der Waals surface area contributed by atoms with Gasteiger partial charge in [-0.1, -0.05) is 0 Å². The van der Waals surface area contributed by atoms with Crippen molar-refractivity contribution < 1.29 is 9.47 Å². The lowest BCUT2D eigenvalue weighted by Gasteiger charge is -2.10. The Hall–Kier alpha value is -1.73. The first-order valence-corrected chi connectivity index (χ1v) is 5.17. The molecule has 0 fully saturated rings. The van der Waals surface area contributed by atoms with Crippen molar-refractivity contribution in [1.29, 1.82) is 5.26 Å². The van der Waals surface area contributed by atoms with Gasteiger partial charge in [0.2, 0.25) is 0 Å². The van der Waals surface area contributed by atoms with Crippen LogP contribution in [0.1, 0.15) is 12.0 Å². The summed E-state index contributed by atoms with van der Waals surface area (Å²) in [5, 5.41) is 11.8. The molecule has 0 heterocycles.